The van der Waals surface area contributed by atoms with E-state index in [4.69, 9.17) is 0 Å². The zero-order valence-electron chi connectivity index (χ0n) is 11.8. The first-order valence-electron chi connectivity index (χ1n) is 6.51. The molecular weight excluding hydrogens is 284 g/mol. The minimum atomic E-state index is 0.176. The molecule has 3 rings (SSSR count). The van der Waals surface area contributed by atoms with Crippen LogP contribution in [0.1, 0.15) is 20.8 Å². The van der Waals surface area contributed by atoms with Gasteiger partial charge in [-0.1, -0.05) is 32.9 Å². The lowest BCUT2D eigenvalue weighted by Crippen LogP contribution is -2.07. The normalized spacial score (nSPS) is 11.9. The molecule has 2 nitrogen and oxygen atoms in total. The summed E-state index contributed by atoms with van der Waals surface area (Å²) in [5.74, 6) is 0. The summed E-state index contributed by atoms with van der Waals surface area (Å²) in [6.45, 7) is 6.71. The monoisotopic (exact) mass is 300 g/mol. The third-order valence-electron chi connectivity index (χ3n) is 2.85. The van der Waals surface area contributed by atoms with E-state index in [-0.39, 0.29) is 4.75 Å². The lowest BCUT2D eigenvalue weighted by Gasteiger charge is -2.20. The SMILES string of the molecule is CC(C)(C)Sc1ccc2cnsc2c1-c1cccnc1. The Balaban J connectivity index is 2.24. The van der Waals surface area contributed by atoms with Gasteiger partial charge in [-0.2, -0.15) is 4.37 Å². The standard InChI is InChI=1S/C16H16N2S2/c1-16(2,3)19-13-7-6-12-10-18-20-15(12)14(13)11-5-4-8-17-9-11/h4-10H,1-3H3. The Bertz CT molecular complexity index is 727. The van der Waals surface area contributed by atoms with E-state index in [2.05, 4.69) is 48.3 Å². The fraction of sp³-hybridized carbons (Fsp3) is 0.250. The Kier molecular flexibility index (Phi) is 3.52. The van der Waals surface area contributed by atoms with Gasteiger partial charge in [-0.05, 0) is 23.7 Å². The molecule has 2 heterocycles. The number of pyridine rings is 1. The van der Waals surface area contributed by atoms with E-state index in [1.54, 1.807) is 11.5 Å². The molecular formula is C16H16N2S2. The van der Waals surface area contributed by atoms with Gasteiger partial charge in [-0.3, -0.25) is 4.98 Å². The maximum Gasteiger partial charge on any atom is 0.0640 e. The molecule has 0 aliphatic carbocycles. The highest BCUT2D eigenvalue weighted by Crippen LogP contribution is 2.43. The Morgan fingerprint density at radius 2 is 1.95 bits per heavy atom. The molecule has 20 heavy (non-hydrogen) atoms. The van der Waals surface area contributed by atoms with Crippen molar-refractivity contribution < 1.29 is 0 Å². The predicted octanol–water partition coefficient (Wildman–Crippen LogP) is 5.25. The lowest BCUT2D eigenvalue weighted by atomic mass is 10.1. The zero-order valence-corrected chi connectivity index (χ0v) is 13.4. The van der Waals surface area contributed by atoms with Crippen molar-refractivity contribution in [1.82, 2.24) is 9.36 Å². The van der Waals surface area contributed by atoms with Crippen molar-refractivity contribution in [3.05, 3.63) is 42.9 Å². The summed E-state index contributed by atoms with van der Waals surface area (Å²) in [5, 5.41) is 1.20. The second-order valence-electron chi connectivity index (χ2n) is 5.64. The summed E-state index contributed by atoms with van der Waals surface area (Å²) in [4.78, 5) is 5.56. The molecule has 2 aromatic heterocycles. The first kappa shape index (κ1) is 13.6. The van der Waals surface area contributed by atoms with Crippen LogP contribution in [0.2, 0.25) is 0 Å². The molecule has 4 heteroatoms. The summed E-state index contributed by atoms with van der Waals surface area (Å²) in [6.07, 6.45) is 5.68. The molecule has 0 unspecified atom stereocenters. The zero-order chi connectivity index (χ0) is 14.2. The molecule has 0 aliphatic heterocycles. The molecule has 1 aromatic carbocycles. The van der Waals surface area contributed by atoms with Gasteiger partial charge < -0.3 is 0 Å². The van der Waals surface area contributed by atoms with Crippen LogP contribution in [0.25, 0.3) is 21.2 Å². The van der Waals surface area contributed by atoms with Crippen LogP contribution >= 0.6 is 23.3 Å². The van der Waals surface area contributed by atoms with Crippen LogP contribution in [0, 0.1) is 0 Å². The first-order chi connectivity index (χ1) is 9.54. The Labute approximate surface area is 127 Å². The topological polar surface area (TPSA) is 25.8 Å². The summed E-state index contributed by atoms with van der Waals surface area (Å²) in [7, 11) is 0. The van der Waals surface area contributed by atoms with Crippen LogP contribution in [0.15, 0.2) is 47.8 Å². The fourth-order valence-electron chi connectivity index (χ4n) is 2.12. The molecule has 0 spiro atoms. The summed E-state index contributed by atoms with van der Waals surface area (Å²) >= 11 is 3.45. The number of thioether (sulfide) groups is 1. The summed E-state index contributed by atoms with van der Waals surface area (Å²) in [5.41, 5.74) is 2.42. The lowest BCUT2D eigenvalue weighted by molar-refractivity contribution is 0.803. The fourth-order valence-corrected chi connectivity index (χ4v) is 4.11. The molecule has 0 atom stereocenters. The number of fused-ring (bicyclic) bond motifs is 1. The number of hydrogen-bond acceptors (Lipinski definition) is 4. The average Bonchev–Trinajstić information content (AvgIpc) is 2.86. The summed E-state index contributed by atoms with van der Waals surface area (Å²) in [6, 6.07) is 8.47. The van der Waals surface area contributed by atoms with Crippen molar-refractivity contribution in [3.63, 3.8) is 0 Å². The Hall–Kier alpha value is -1.39. The third-order valence-corrected chi connectivity index (χ3v) is 4.86. The van der Waals surface area contributed by atoms with Gasteiger partial charge in [-0.15, -0.1) is 11.8 Å². The smallest absolute Gasteiger partial charge is 0.0640 e. The number of nitrogens with zero attached hydrogens (tertiary/aromatic N) is 2. The molecule has 102 valence electrons. The maximum absolute atomic E-state index is 4.34. The number of rotatable bonds is 2. The predicted molar refractivity (Wildman–Crippen MR) is 88.5 cm³/mol. The largest absolute Gasteiger partial charge is 0.264 e. The molecule has 0 bridgehead atoms. The van der Waals surface area contributed by atoms with Crippen LogP contribution in [0.5, 0.6) is 0 Å². The Morgan fingerprint density at radius 1 is 1.10 bits per heavy atom. The molecule has 0 N–H and O–H groups in total. The van der Waals surface area contributed by atoms with Crippen molar-refractivity contribution in [1.29, 1.82) is 0 Å². The van der Waals surface area contributed by atoms with Crippen LogP contribution in [0.3, 0.4) is 0 Å². The average molecular weight is 300 g/mol. The quantitative estimate of drug-likeness (QED) is 0.605. The first-order valence-corrected chi connectivity index (χ1v) is 8.10. The van der Waals surface area contributed by atoms with E-state index in [0.29, 0.717) is 0 Å². The van der Waals surface area contributed by atoms with E-state index in [1.165, 1.54) is 20.5 Å². The van der Waals surface area contributed by atoms with Gasteiger partial charge >= 0.3 is 0 Å². The van der Waals surface area contributed by atoms with Gasteiger partial charge in [0, 0.05) is 44.7 Å². The van der Waals surface area contributed by atoms with Gasteiger partial charge in [0.15, 0.2) is 0 Å². The van der Waals surface area contributed by atoms with Crippen LogP contribution < -0.4 is 0 Å². The number of aromatic nitrogens is 2. The van der Waals surface area contributed by atoms with E-state index in [9.17, 15) is 0 Å². The number of benzene rings is 1. The molecule has 0 aliphatic rings. The highest BCUT2D eigenvalue weighted by Gasteiger charge is 2.18. The third kappa shape index (κ3) is 2.72. The highest BCUT2D eigenvalue weighted by atomic mass is 32.2. The van der Waals surface area contributed by atoms with Crippen molar-refractivity contribution in [3.8, 4) is 11.1 Å². The van der Waals surface area contributed by atoms with Crippen molar-refractivity contribution in [2.24, 2.45) is 0 Å². The van der Waals surface area contributed by atoms with Gasteiger partial charge in [0.05, 0.1) is 4.70 Å². The van der Waals surface area contributed by atoms with E-state index in [0.717, 1.165) is 5.56 Å². The highest BCUT2D eigenvalue weighted by molar-refractivity contribution is 8.00. The minimum Gasteiger partial charge on any atom is -0.264 e. The van der Waals surface area contributed by atoms with Gasteiger partial charge in [0.1, 0.15) is 0 Å². The van der Waals surface area contributed by atoms with Gasteiger partial charge in [-0.25, -0.2) is 0 Å². The minimum absolute atomic E-state index is 0.176. The molecule has 0 saturated heterocycles. The molecule has 0 saturated carbocycles. The second-order valence-corrected chi connectivity index (χ2v) is 8.31. The second kappa shape index (κ2) is 5.19. The molecule has 0 fully saturated rings. The van der Waals surface area contributed by atoms with Crippen molar-refractivity contribution in [2.75, 3.05) is 0 Å². The van der Waals surface area contributed by atoms with Gasteiger partial charge in [0.25, 0.3) is 0 Å². The molecule has 3 aromatic rings. The maximum atomic E-state index is 4.34. The van der Waals surface area contributed by atoms with Crippen molar-refractivity contribution >= 4 is 33.4 Å². The van der Waals surface area contributed by atoms with Crippen LogP contribution in [-0.2, 0) is 0 Å². The summed E-state index contributed by atoms with van der Waals surface area (Å²) < 4.78 is 5.76. The van der Waals surface area contributed by atoms with E-state index < -0.39 is 0 Å². The number of hydrogen-bond donors (Lipinski definition) is 0. The van der Waals surface area contributed by atoms with E-state index >= 15 is 0 Å². The molecule has 0 radical (unpaired) electrons. The van der Waals surface area contributed by atoms with Gasteiger partial charge in [0.2, 0.25) is 0 Å². The Morgan fingerprint density at radius 3 is 2.65 bits per heavy atom. The van der Waals surface area contributed by atoms with Crippen LogP contribution in [-0.4, -0.2) is 14.1 Å². The van der Waals surface area contributed by atoms with E-state index in [1.807, 2.05) is 36.4 Å². The molecule has 0 amide bonds. The van der Waals surface area contributed by atoms with Crippen LogP contribution in [0.4, 0.5) is 0 Å². The van der Waals surface area contributed by atoms with Crippen molar-refractivity contribution in [2.45, 2.75) is 30.4 Å².